The molecule has 4 atom stereocenters. The topological polar surface area (TPSA) is 19.4 Å². The summed E-state index contributed by atoms with van der Waals surface area (Å²) >= 11 is 7.71. The van der Waals surface area contributed by atoms with Gasteiger partial charge in [0.2, 0.25) is 0 Å². The second-order valence-electron chi connectivity index (χ2n) is 12.0. The van der Waals surface area contributed by atoms with Crippen molar-refractivity contribution in [3.05, 3.63) is 0 Å². The summed E-state index contributed by atoms with van der Waals surface area (Å²) in [5.41, 5.74) is 0. The molecule has 8 nitrogen and oxygen atoms in total. The van der Waals surface area contributed by atoms with Crippen molar-refractivity contribution >= 4 is 22.6 Å². The molecule has 11 heteroatoms. The lowest BCUT2D eigenvalue weighted by Gasteiger charge is -2.72. The van der Waals surface area contributed by atoms with Crippen LogP contribution in [0.25, 0.3) is 0 Å². The molecule has 0 amide bonds. The van der Waals surface area contributed by atoms with E-state index in [0.29, 0.717) is 0 Å². The normalized spacial score (nSPS) is 45.3. The van der Waals surface area contributed by atoms with Gasteiger partial charge in [-0.1, -0.05) is 22.6 Å². The molecular weight excluding hydrogens is 793 g/mol. The fraction of sp³-hybridized carbons (Fsp3) is 1.00. The summed E-state index contributed by atoms with van der Waals surface area (Å²) in [6, 6.07) is 0. The van der Waals surface area contributed by atoms with E-state index < -0.39 is 0 Å². The number of quaternary nitrogens is 2. The van der Waals surface area contributed by atoms with Gasteiger partial charge < -0.3 is 51.1 Å². The Hall–Kier alpha value is 1.87. The first-order valence-corrected chi connectivity index (χ1v) is 18.6. The molecule has 0 aromatic rings. The molecule has 0 bridgehead atoms. The SMILES string of the molecule is C1CN2CCN3CCCN4CCN(C1)C2C34.CI.[I-][N+]12CCCN3CC[N+]4([I-])CCCN(CC1)C4C32. The third kappa shape index (κ3) is 4.95. The first-order valence-electron chi connectivity index (χ1n) is 14.5. The number of hydrogen-bond acceptors (Lipinski definition) is 6. The Balaban J connectivity index is 0.000000126. The lowest BCUT2D eigenvalue weighted by Crippen LogP contribution is -3.51. The first-order chi connectivity index (χ1) is 17.6. The summed E-state index contributed by atoms with van der Waals surface area (Å²) in [5.74, 6) is 0. The van der Waals surface area contributed by atoms with Gasteiger partial charge in [0.05, 0.1) is 51.6 Å². The van der Waals surface area contributed by atoms with Crippen molar-refractivity contribution < 1.29 is 51.1 Å². The lowest BCUT2D eigenvalue weighted by atomic mass is 10.0. The van der Waals surface area contributed by atoms with Gasteiger partial charge in [0.25, 0.3) is 0 Å². The minimum absolute atomic E-state index is 0.719. The highest BCUT2D eigenvalue weighted by Crippen LogP contribution is 2.35. The van der Waals surface area contributed by atoms with E-state index in [1.807, 2.05) is 4.93 Å². The summed E-state index contributed by atoms with van der Waals surface area (Å²) in [5, 5.41) is 0. The van der Waals surface area contributed by atoms with Gasteiger partial charge in [-0.25, -0.2) is 9.80 Å². The van der Waals surface area contributed by atoms with E-state index >= 15 is 0 Å². The molecule has 8 fully saturated rings. The van der Waals surface area contributed by atoms with E-state index in [-0.39, 0.29) is 0 Å². The molecule has 0 aromatic heterocycles. The second kappa shape index (κ2) is 11.6. The fourth-order valence-electron chi connectivity index (χ4n) is 8.80. The third-order valence-electron chi connectivity index (χ3n) is 10.3. The largest absolute Gasteiger partial charge is 0.470 e. The molecule has 4 unspecified atom stereocenters. The molecule has 0 saturated carbocycles. The van der Waals surface area contributed by atoms with Crippen LogP contribution >= 0.6 is 22.6 Å². The molecule has 8 saturated heterocycles. The second-order valence-corrected chi connectivity index (χ2v) is 15.9. The van der Waals surface area contributed by atoms with Gasteiger partial charge in [0.15, 0.2) is 12.3 Å². The van der Waals surface area contributed by atoms with Crippen LogP contribution in [0.15, 0.2) is 0 Å². The van der Waals surface area contributed by atoms with Crippen molar-refractivity contribution in [2.75, 3.05) is 110 Å². The minimum Gasteiger partial charge on any atom is -0.470 e. The highest BCUT2D eigenvalue weighted by Gasteiger charge is 2.57. The number of alkyl halides is 1. The van der Waals surface area contributed by atoms with Crippen LogP contribution < -0.4 is 45.7 Å². The predicted molar refractivity (Wildman–Crippen MR) is 143 cm³/mol. The van der Waals surface area contributed by atoms with E-state index in [4.69, 9.17) is 0 Å². The Morgan fingerprint density at radius 3 is 1.14 bits per heavy atom. The summed E-state index contributed by atoms with van der Waals surface area (Å²) < 4.78 is 2.59. The Morgan fingerprint density at radius 2 is 0.778 bits per heavy atom. The molecule has 8 heterocycles. The Bertz CT molecular complexity index is 694. The molecule has 0 spiro atoms. The van der Waals surface area contributed by atoms with Crippen LogP contribution in [0.1, 0.15) is 25.7 Å². The van der Waals surface area contributed by atoms with Crippen LogP contribution in [0.2, 0.25) is 0 Å². The van der Waals surface area contributed by atoms with Gasteiger partial charge >= 0.3 is 0 Å². The van der Waals surface area contributed by atoms with Crippen LogP contribution in [0.5, 0.6) is 0 Å². The Morgan fingerprint density at radius 1 is 0.444 bits per heavy atom. The standard InChI is InChI=1S/C12H22I2N4.C12H22N4.CH3I/c13-17-7-1-3-15-5-10-18(14)8-2-4-16(6-9-17)12(18)11(15)17;1-3-13-7-9-15-5-2-6-16-10-8-14(4-1)11(13)12(15)16;1-2/h11-12H,1-10H2;11-12H,1-10H2;1H3. The van der Waals surface area contributed by atoms with E-state index in [9.17, 15) is 0 Å². The molecule has 36 heavy (non-hydrogen) atoms. The van der Waals surface area contributed by atoms with E-state index in [1.54, 1.807) is 0 Å². The molecular formula is C25H47I3N8. The average molecular weight is 840 g/mol. The first kappa shape index (κ1) is 28.0. The smallest absolute Gasteiger partial charge is 0.192 e. The molecule has 2 radical (unpaired) electrons. The average Bonchev–Trinajstić information content (AvgIpc) is 2.92. The third-order valence-corrected chi connectivity index (χ3v) is 13.4. The molecule has 8 aliphatic rings. The highest BCUT2D eigenvalue weighted by atomic mass is 127. The van der Waals surface area contributed by atoms with E-state index in [0.717, 1.165) is 24.7 Å². The van der Waals surface area contributed by atoms with Gasteiger partial charge in [-0.2, -0.15) is 0 Å². The van der Waals surface area contributed by atoms with Crippen molar-refractivity contribution in [3.8, 4) is 0 Å². The zero-order valence-electron chi connectivity index (χ0n) is 22.2. The zero-order valence-corrected chi connectivity index (χ0v) is 28.6. The van der Waals surface area contributed by atoms with Crippen LogP contribution in [0.4, 0.5) is 0 Å². The number of hydrogen-bond donors (Lipinski definition) is 0. The van der Waals surface area contributed by atoms with Crippen molar-refractivity contribution in [1.82, 2.24) is 29.4 Å². The van der Waals surface area contributed by atoms with Gasteiger partial charge in [0.1, 0.15) is 0 Å². The summed E-state index contributed by atoms with van der Waals surface area (Å²) in [6.07, 6.45) is 8.51. The summed E-state index contributed by atoms with van der Waals surface area (Å²) in [6.45, 7) is 21.3. The zero-order chi connectivity index (χ0) is 24.9. The summed E-state index contributed by atoms with van der Waals surface area (Å²) in [7, 11) is 0. The van der Waals surface area contributed by atoms with Crippen molar-refractivity contribution in [1.29, 1.82) is 0 Å². The maximum atomic E-state index is 2.81. The van der Waals surface area contributed by atoms with Crippen LogP contribution in [-0.2, 0) is 0 Å². The van der Waals surface area contributed by atoms with Gasteiger partial charge in [0, 0.05) is 78.3 Å². The monoisotopic (exact) mass is 840 g/mol. The molecule has 8 rings (SSSR count). The number of piperazine rings is 4. The van der Waals surface area contributed by atoms with Crippen molar-refractivity contribution in [3.63, 3.8) is 0 Å². The van der Waals surface area contributed by atoms with Gasteiger partial charge in [-0.15, -0.1) is 0 Å². The van der Waals surface area contributed by atoms with E-state index in [1.165, 1.54) is 136 Å². The lowest BCUT2D eigenvalue weighted by molar-refractivity contribution is -1.37. The van der Waals surface area contributed by atoms with Crippen LogP contribution in [0, 0.1) is 0 Å². The van der Waals surface area contributed by atoms with Crippen LogP contribution in [0.3, 0.4) is 0 Å². The Kier molecular flexibility index (Phi) is 9.05. The molecule has 0 aliphatic carbocycles. The quantitative estimate of drug-likeness (QED) is 0.137. The predicted octanol–water partition coefficient (Wildman–Crippen LogP) is -5.62. The van der Waals surface area contributed by atoms with E-state index in [2.05, 4.69) is 97.7 Å². The van der Waals surface area contributed by atoms with Crippen molar-refractivity contribution in [2.24, 2.45) is 0 Å². The fourth-order valence-corrected chi connectivity index (χ4v) is 11.2. The minimum atomic E-state index is 0.719. The maximum Gasteiger partial charge on any atom is 0.192 e. The highest BCUT2D eigenvalue weighted by molar-refractivity contribution is 14.1. The number of rotatable bonds is 0. The molecule has 0 aromatic carbocycles. The van der Waals surface area contributed by atoms with Crippen LogP contribution in [-0.4, -0.2) is 169 Å². The maximum absolute atomic E-state index is 2.81. The number of nitrogens with zero attached hydrogens (tertiary/aromatic N) is 8. The molecule has 208 valence electrons. The number of halogens is 3. The van der Waals surface area contributed by atoms with Crippen molar-refractivity contribution in [2.45, 2.75) is 50.3 Å². The Labute approximate surface area is 260 Å². The molecule has 0 N–H and O–H groups in total. The van der Waals surface area contributed by atoms with Gasteiger partial charge in [-0.05, 0) is 17.8 Å². The summed E-state index contributed by atoms with van der Waals surface area (Å²) in [4.78, 5) is 18.5. The van der Waals surface area contributed by atoms with Gasteiger partial charge in [-0.3, -0.25) is 19.6 Å². The molecule has 8 aliphatic heterocycles.